The molecule has 0 radical (unpaired) electrons. The molecule has 0 aliphatic heterocycles. The van der Waals surface area contributed by atoms with Crippen molar-refractivity contribution in [3.63, 3.8) is 0 Å². The predicted molar refractivity (Wildman–Crippen MR) is 104 cm³/mol. The van der Waals surface area contributed by atoms with Crippen LogP contribution in [0.3, 0.4) is 0 Å². The van der Waals surface area contributed by atoms with E-state index in [0.29, 0.717) is 13.1 Å². The van der Waals surface area contributed by atoms with Gasteiger partial charge >= 0.3 is 17.5 Å². The third-order valence-electron chi connectivity index (χ3n) is 4.57. The summed E-state index contributed by atoms with van der Waals surface area (Å²) < 4.78 is 0. The smallest absolute Gasteiger partial charge is 0.354 e. The monoisotopic (exact) mass is 379 g/mol. The quantitative estimate of drug-likeness (QED) is 0.266. The standard InChI is InChI=1S/C21H33NO5/c1-3-5-7-12-16-22(17-13-8-6-4-2)27-21(19(23)24,20(25)26)18-14-10-9-11-15-18/h9-11,14-15H,3-8,12-13,16-17H2,1-2H3,(H,23,24)(H,25,26). The van der Waals surface area contributed by atoms with Crippen molar-refractivity contribution in [2.45, 2.75) is 70.8 Å². The van der Waals surface area contributed by atoms with Gasteiger partial charge in [-0.05, 0) is 12.8 Å². The fraction of sp³-hybridized carbons (Fsp3) is 0.619. The Bertz CT molecular complexity index is 535. The Morgan fingerprint density at radius 2 is 1.33 bits per heavy atom. The minimum atomic E-state index is -2.43. The van der Waals surface area contributed by atoms with Crippen LogP contribution in [0.1, 0.15) is 70.8 Å². The number of rotatable bonds is 15. The van der Waals surface area contributed by atoms with Crippen molar-refractivity contribution in [2.24, 2.45) is 0 Å². The summed E-state index contributed by atoms with van der Waals surface area (Å²) in [6.07, 6.45) is 8.05. The SMILES string of the molecule is CCCCCCN(CCCCCC)OC(C(=O)O)(C(=O)O)c1ccccc1. The van der Waals surface area contributed by atoms with E-state index in [1.807, 2.05) is 0 Å². The molecule has 0 unspecified atom stereocenters. The predicted octanol–water partition coefficient (Wildman–Crippen LogP) is 4.45. The number of hydrogen-bond acceptors (Lipinski definition) is 4. The number of unbranched alkanes of at least 4 members (excludes halogenated alkanes) is 6. The van der Waals surface area contributed by atoms with Crippen LogP contribution in [0.2, 0.25) is 0 Å². The highest BCUT2D eigenvalue weighted by Crippen LogP contribution is 2.29. The number of carbonyl (C=O) groups is 2. The maximum absolute atomic E-state index is 12.0. The van der Waals surface area contributed by atoms with E-state index in [1.54, 1.807) is 23.3 Å². The molecule has 0 spiro atoms. The number of hydrogen-bond donors (Lipinski definition) is 2. The number of hydroxylamine groups is 2. The summed E-state index contributed by atoms with van der Waals surface area (Å²) in [7, 11) is 0. The van der Waals surface area contributed by atoms with Crippen molar-refractivity contribution in [1.29, 1.82) is 0 Å². The van der Waals surface area contributed by atoms with E-state index in [2.05, 4.69) is 13.8 Å². The molecule has 0 amide bonds. The van der Waals surface area contributed by atoms with Crippen LogP contribution in [0.25, 0.3) is 0 Å². The number of carboxylic acid groups (broad SMARTS) is 2. The highest BCUT2D eigenvalue weighted by Gasteiger charge is 2.52. The molecule has 0 aromatic heterocycles. The Morgan fingerprint density at radius 1 is 0.852 bits per heavy atom. The van der Waals surface area contributed by atoms with Crippen molar-refractivity contribution in [1.82, 2.24) is 5.06 Å². The molecule has 0 heterocycles. The second kappa shape index (κ2) is 12.5. The van der Waals surface area contributed by atoms with Crippen molar-refractivity contribution in [3.05, 3.63) is 35.9 Å². The van der Waals surface area contributed by atoms with Gasteiger partial charge in [-0.3, -0.25) is 4.84 Å². The van der Waals surface area contributed by atoms with Crippen LogP contribution in [0, 0.1) is 0 Å². The third kappa shape index (κ3) is 6.96. The molecule has 0 bridgehead atoms. The van der Waals surface area contributed by atoms with Gasteiger partial charge in [0.05, 0.1) is 0 Å². The first-order valence-electron chi connectivity index (χ1n) is 9.95. The second-order valence-corrected chi connectivity index (χ2v) is 6.80. The van der Waals surface area contributed by atoms with Crippen LogP contribution in [-0.4, -0.2) is 40.3 Å². The van der Waals surface area contributed by atoms with Gasteiger partial charge in [0.15, 0.2) is 0 Å². The average molecular weight is 379 g/mol. The molecule has 0 saturated carbocycles. The zero-order valence-corrected chi connectivity index (χ0v) is 16.5. The molecule has 1 aromatic rings. The zero-order chi connectivity index (χ0) is 20.1. The third-order valence-corrected chi connectivity index (χ3v) is 4.57. The highest BCUT2D eigenvalue weighted by atomic mass is 16.7. The first kappa shape index (κ1) is 23.1. The zero-order valence-electron chi connectivity index (χ0n) is 16.5. The number of nitrogens with zero attached hydrogens (tertiary/aromatic N) is 1. The lowest BCUT2D eigenvalue weighted by Gasteiger charge is -2.32. The fourth-order valence-corrected chi connectivity index (χ4v) is 2.97. The van der Waals surface area contributed by atoms with Gasteiger partial charge in [-0.1, -0.05) is 82.7 Å². The van der Waals surface area contributed by atoms with Gasteiger partial charge in [0.1, 0.15) is 0 Å². The van der Waals surface area contributed by atoms with E-state index in [9.17, 15) is 19.8 Å². The summed E-state index contributed by atoms with van der Waals surface area (Å²) >= 11 is 0. The molecule has 6 heteroatoms. The molecular weight excluding hydrogens is 346 g/mol. The molecule has 1 aromatic carbocycles. The van der Waals surface area contributed by atoms with Crippen LogP contribution < -0.4 is 0 Å². The number of aliphatic carboxylic acids is 2. The summed E-state index contributed by atoms with van der Waals surface area (Å²) in [4.78, 5) is 29.8. The van der Waals surface area contributed by atoms with Gasteiger partial charge in [0.25, 0.3) is 0 Å². The summed E-state index contributed by atoms with van der Waals surface area (Å²) in [5, 5.41) is 21.1. The Kier molecular flexibility index (Phi) is 10.7. The van der Waals surface area contributed by atoms with Crippen molar-refractivity contribution < 1.29 is 24.6 Å². The van der Waals surface area contributed by atoms with Crippen LogP contribution in [-0.2, 0) is 20.0 Å². The normalized spacial score (nSPS) is 11.7. The van der Waals surface area contributed by atoms with Gasteiger partial charge in [0, 0.05) is 18.7 Å². The van der Waals surface area contributed by atoms with Crippen molar-refractivity contribution in [2.75, 3.05) is 13.1 Å². The molecule has 0 saturated heterocycles. The van der Waals surface area contributed by atoms with Gasteiger partial charge < -0.3 is 10.2 Å². The molecule has 0 aliphatic carbocycles. The van der Waals surface area contributed by atoms with E-state index in [0.717, 1.165) is 51.4 Å². The number of carboxylic acids is 2. The first-order chi connectivity index (χ1) is 13.0. The molecule has 2 N–H and O–H groups in total. The molecule has 1 rings (SSSR count). The van der Waals surface area contributed by atoms with Gasteiger partial charge in [0.2, 0.25) is 0 Å². The summed E-state index contributed by atoms with van der Waals surface area (Å²) in [6.45, 7) is 5.27. The minimum absolute atomic E-state index is 0.108. The molecule has 0 atom stereocenters. The summed E-state index contributed by atoms with van der Waals surface area (Å²) in [5.41, 5.74) is -2.33. The molecule has 6 nitrogen and oxygen atoms in total. The molecule has 27 heavy (non-hydrogen) atoms. The Morgan fingerprint density at radius 3 is 1.74 bits per heavy atom. The molecule has 0 fully saturated rings. The average Bonchev–Trinajstić information content (AvgIpc) is 2.66. The van der Waals surface area contributed by atoms with Gasteiger partial charge in [-0.2, -0.15) is 5.06 Å². The Hall–Kier alpha value is -1.92. The van der Waals surface area contributed by atoms with Crippen LogP contribution in [0.5, 0.6) is 0 Å². The van der Waals surface area contributed by atoms with E-state index < -0.39 is 17.5 Å². The lowest BCUT2D eigenvalue weighted by atomic mass is 9.94. The number of benzene rings is 1. The second-order valence-electron chi connectivity index (χ2n) is 6.80. The largest absolute Gasteiger partial charge is 0.478 e. The van der Waals surface area contributed by atoms with Crippen LogP contribution in [0.15, 0.2) is 30.3 Å². The Labute approximate surface area is 162 Å². The lowest BCUT2D eigenvalue weighted by molar-refractivity contribution is -0.257. The maximum Gasteiger partial charge on any atom is 0.354 e. The van der Waals surface area contributed by atoms with Gasteiger partial charge in [-0.15, -0.1) is 0 Å². The van der Waals surface area contributed by atoms with E-state index in [-0.39, 0.29) is 5.56 Å². The maximum atomic E-state index is 12.0. The first-order valence-corrected chi connectivity index (χ1v) is 9.95. The van der Waals surface area contributed by atoms with Crippen LogP contribution >= 0.6 is 0 Å². The van der Waals surface area contributed by atoms with Gasteiger partial charge in [-0.25, -0.2) is 9.59 Å². The topological polar surface area (TPSA) is 87.1 Å². The van der Waals surface area contributed by atoms with E-state index in [1.165, 1.54) is 12.1 Å². The fourth-order valence-electron chi connectivity index (χ4n) is 2.97. The Balaban J connectivity index is 3.00. The molecule has 152 valence electrons. The lowest BCUT2D eigenvalue weighted by Crippen LogP contribution is -2.51. The van der Waals surface area contributed by atoms with Crippen LogP contribution in [0.4, 0.5) is 0 Å². The summed E-state index contributed by atoms with van der Waals surface area (Å²) in [6, 6.07) is 7.91. The van der Waals surface area contributed by atoms with Crippen molar-refractivity contribution in [3.8, 4) is 0 Å². The van der Waals surface area contributed by atoms with E-state index >= 15 is 0 Å². The minimum Gasteiger partial charge on any atom is -0.478 e. The highest BCUT2D eigenvalue weighted by molar-refractivity contribution is 6.02. The molecular formula is C21H33NO5. The summed E-state index contributed by atoms with van der Waals surface area (Å²) in [5.74, 6) is -3.04. The molecule has 0 aliphatic rings. The van der Waals surface area contributed by atoms with E-state index in [4.69, 9.17) is 4.84 Å². The van der Waals surface area contributed by atoms with Crippen molar-refractivity contribution >= 4 is 11.9 Å².